The molecule has 1 aromatic carbocycles. The number of hydrogen-bond acceptors (Lipinski definition) is 4. The van der Waals surface area contributed by atoms with Crippen LogP contribution in [0.5, 0.6) is 5.75 Å². The molecule has 0 amide bonds. The summed E-state index contributed by atoms with van der Waals surface area (Å²) in [6, 6.07) is 5.96. The minimum Gasteiger partial charge on any atom is -0.492 e. The van der Waals surface area contributed by atoms with Gasteiger partial charge in [-0.2, -0.15) is 0 Å². The van der Waals surface area contributed by atoms with Crippen LogP contribution in [0.1, 0.15) is 6.92 Å². The summed E-state index contributed by atoms with van der Waals surface area (Å²) in [7, 11) is 4.16. The Bertz CT molecular complexity index is 329. The average Bonchev–Trinajstić information content (AvgIpc) is 2.22. The van der Waals surface area contributed by atoms with Gasteiger partial charge in [0.25, 0.3) is 0 Å². The smallest absolute Gasteiger partial charge is 0.143 e. The van der Waals surface area contributed by atoms with Crippen molar-refractivity contribution in [3.05, 3.63) is 18.2 Å². The fourth-order valence-electron chi connectivity index (χ4n) is 1.23. The maximum atomic E-state index is 5.81. The summed E-state index contributed by atoms with van der Waals surface area (Å²) in [5, 5.41) is 0. The summed E-state index contributed by atoms with van der Waals surface area (Å²) < 4.78 is 5.46. The van der Waals surface area contributed by atoms with Gasteiger partial charge in [0.2, 0.25) is 0 Å². The van der Waals surface area contributed by atoms with E-state index in [9.17, 15) is 0 Å². The zero-order valence-corrected chi connectivity index (χ0v) is 11.0. The molecule has 0 aliphatic rings. The highest BCUT2D eigenvalue weighted by atomic mass is 32.2. The number of nitrogens with two attached hydrogens (primary N) is 1. The van der Waals surface area contributed by atoms with Gasteiger partial charge in [0.05, 0.1) is 12.3 Å². The number of rotatable bonds is 6. The van der Waals surface area contributed by atoms with Crippen LogP contribution < -0.4 is 10.5 Å². The molecule has 0 bridgehead atoms. The monoisotopic (exact) mass is 240 g/mol. The molecule has 3 nitrogen and oxygen atoms in total. The first-order chi connectivity index (χ1) is 7.63. The van der Waals surface area contributed by atoms with Gasteiger partial charge in [0, 0.05) is 17.2 Å². The minimum absolute atomic E-state index is 0.649. The van der Waals surface area contributed by atoms with E-state index in [0.29, 0.717) is 12.3 Å². The predicted molar refractivity (Wildman–Crippen MR) is 71.3 cm³/mol. The van der Waals surface area contributed by atoms with Crippen LogP contribution in [0.4, 0.5) is 5.69 Å². The van der Waals surface area contributed by atoms with E-state index >= 15 is 0 Å². The molecule has 1 rings (SSSR count). The van der Waals surface area contributed by atoms with Gasteiger partial charge >= 0.3 is 0 Å². The van der Waals surface area contributed by atoms with Crippen molar-refractivity contribution in [3.63, 3.8) is 0 Å². The highest BCUT2D eigenvalue weighted by molar-refractivity contribution is 7.99. The summed E-state index contributed by atoms with van der Waals surface area (Å²) in [6.07, 6.45) is 0. The lowest BCUT2D eigenvalue weighted by Gasteiger charge is -2.11. The molecule has 16 heavy (non-hydrogen) atoms. The van der Waals surface area contributed by atoms with Crippen LogP contribution in [0.15, 0.2) is 23.1 Å². The summed E-state index contributed by atoms with van der Waals surface area (Å²) in [5.41, 5.74) is 6.52. The normalized spacial score (nSPS) is 10.8. The van der Waals surface area contributed by atoms with Crippen molar-refractivity contribution in [2.75, 3.05) is 38.7 Å². The quantitative estimate of drug-likeness (QED) is 0.612. The third-order valence-electron chi connectivity index (χ3n) is 2.09. The van der Waals surface area contributed by atoms with E-state index in [1.807, 2.05) is 36.9 Å². The standard InChI is InChI=1S/C12H20N2OS/c1-4-15-12-9-10(5-6-11(12)13)16-8-7-14(2)3/h5-6,9H,4,7-8,13H2,1-3H3. The second kappa shape index (κ2) is 6.66. The second-order valence-electron chi connectivity index (χ2n) is 3.78. The summed E-state index contributed by atoms with van der Waals surface area (Å²) >= 11 is 1.82. The second-order valence-corrected chi connectivity index (χ2v) is 4.95. The van der Waals surface area contributed by atoms with Crippen molar-refractivity contribution >= 4 is 17.4 Å². The number of nitrogen functional groups attached to an aromatic ring is 1. The predicted octanol–water partition coefficient (Wildman–Crippen LogP) is 2.32. The molecule has 0 saturated heterocycles. The van der Waals surface area contributed by atoms with Gasteiger partial charge in [-0.25, -0.2) is 0 Å². The molecule has 0 radical (unpaired) electrons. The Morgan fingerprint density at radius 3 is 2.75 bits per heavy atom. The molecule has 4 heteroatoms. The van der Waals surface area contributed by atoms with E-state index in [1.54, 1.807) is 0 Å². The van der Waals surface area contributed by atoms with Crippen LogP contribution in [-0.2, 0) is 0 Å². The van der Waals surface area contributed by atoms with E-state index in [2.05, 4.69) is 19.0 Å². The van der Waals surface area contributed by atoms with Gasteiger partial charge in [-0.05, 0) is 39.2 Å². The maximum absolute atomic E-state index is 5.81. The molecule has 0 aliphatic heterocycles. The largest absolute Gasteiger partial charge is 0.492 e. The van der Waals surface area contributed by atoms with Crippen LogP contribution >= 0.6 is 11.8 Å². The van der Waals surface area contributed by atoms with Crippen molar-refractivity contribution in [2.45, 2.75) is 11.8 Å². The Morgan fingerprint density at radius 2 is 2.12 bits per heavy atom. The topological polar surface area (TPSA) is 38.5 Å². The molecule has 0 saturated carbocycles. The first kappa shape index (κ1) is 13.2. The van der Waals surface area contributed by atoms with Gasteiger partial charge in [-0.3, -0.25) is 0 Å². The van der Waals surface area contributed by atoms with Crippen LogP contribution in [0.3, 0.4) is 0 Å². The molecule has 2 N–H and O–H groups in total. The molecule has 0 atom stereocenters. The fourth-order valence-corrected chi connectivity index (χ4v) is 2.28. The van der Waals surface area contributed by atoms with Gasteiger partial charge in [-0.1, -0.05) is 0 Å². The van der Waals surface area contributed by atoms with Crippen molar-refractivity contribution < 1.29 is 4.74 Å². The number of thioether (sulfide) groups is 1. The minimum atomic E-state index is 0.649. The Morgan fingerprint density at radius 1 is 1.38 bits per heavy atom. The van der Waals surface area contributed by atoms with Crippen molar-refractivity contribution in [1.29, 1.82) is 0 Å². The van der Waals surface area contributed by atoms with E-state index in [-0.39, 0.29) is 0 Å². The molecule has 1 aromatic rings. The number of hydrogen-bond donors (Lipinski definition) is 1. The van der Waals surface area contributed by atoms with Crippen molar-refractivity contribution in [3.8, 4) is 5.75 Å². The molecule has 0 heterocycles. The molecule has 0 spiro atoms. The van der Waals surface area contributed by atoms with Crippen molar-refractivity contribution in [1.82, 2.24) is 4.90 Å². The molecule has 0 aliphatic carbocycles. The van der Waals surface area contributed by atoms with Gasteiger partial charge < -0.3 is 15.4 Å². The Labute approximate surface area is 102 Å². The Kier molecular flexibility index (Phi) is 5.49. The molecular weight excluding hydrogens is 220 g/mol. The Balaban J connectivity index is 2.56. The Hall–Kier alpha value is -0.870. The van der Waals surface area contributed by atoms with Gasteiger partial charge in [0.15, 0.2) is 0 Å². The molecule has 0 fully saturated rings. The number of ether oxygens (including phenoxy) is 1. The zero-order valence-electron chi connectivity index (χ0n) is 10.2. The highest BCUT2D eigenvalue weighted by Gasteiger charge is 2.02. The third-order valence-corrected chi connectivity index (χ3v) is 3.07. The first-order valence-corrected chi connectivity index (χ1v) is 6.42. The number of benzene rings is 1. The summed E-state index contributed by atoms with van der Waals surface area (Å²) in [5.74, 6) is 1.86. The zero-order chi connectivity index (χ0) is 12.0. The maximum Gasteiger partial charge on any atom is 0.143 e. The fraction of sp³-hybridized carbons (Fsp3) is 0.500. The highest BCUT2D eigenvalue weighted by Crippen LogP contribution is 2.28. The van der Waals surface area contributed by atoms with Crippen LogP contribution in [0.25, 0.3) is 0 Å². The SMILES string of the molecule is CCOc1cc(SCCN(C)C)ccc1N. The van der Waals surface area contributed by atoms with E-state index in [4.69, 9.17) is 10.5 Å². The molecular formula is C12H20N2OS. The molecule has 0 aromatic heterocycles. The summed E-state index contributed by atoms with van der Waals surface area (Å²) in [4.78, 5) is 3.38. The lowest BCUT2D eigenvalue weighted by Crippen LogP contribution is -2.14. The van der Waals surface area contributed by atoms with Crippen molar-refractivity contribution in [2.24, 2.45) is 0 Å². The van der Waals surface area contributed by atoms with E-state index in [1.165, 1.54) is 4.90 Å². The molecule has 90 valence electrons. The molecule has 0 unspecified atom stereocenters. The van der Waals surface area contributed by atoms with E-state index in [0.717, 1.165) is 18.0 Å². The van der Waals surface area contributed by atoms with Crippen LogP contribution in [-0.4, -0.2) is 37.9 Å². The third kappa shape index (κ3) is 4.33. The van der Waals surface area contributed by atoms with Gasteiger partial charge in [-0.15, -0.1) is 11.8 Å². The number of anilines is 1. The lowest BCUT2D eigenvalue weighted by molar-refractivity contribution is 0.341. The van der Waals surface area contributed by atoms with Crippen LogP contribution in [0.2, 0.25) is 0 Å². The van der Waals surface area contributed by atoms with Crippen LogP contribution in [0, 0.1) is 0 Å². The first-order valence-electron chi connectivity index (χ1n) is 5.43. The summed E-state index contributed by atoms with van der Waals surface area (Å²) in [6.45, 7) is 3.68. The van der Waals surface area contributed by atoms with Gasteiger partial charge in [0.1, 0.15) is 5.75 Å². The lowest BCUT2D eigenvalue weighted by atomic mass is 10.3. The van der Waals surface area contributed by atoms with E-state index < -0.39 is 0 Å². The number of nitrogens with zero attached hydrogens (tertiary/aromatic N) is 1. The average molecular weight is 240 g/mol.